The Balaban J connectivity index is 1.91. The van der Waals surface area contributed by atoms with Gasteiger partial charge < -0.3 is 9.47 Å². The zero-order chi connectivity index (χ0) is 15.2. The maximum Gasteiger partial charge on any atom is 0.160 e. The van der Waals surface area contributed by atoms with Gasteiger partial charge >= 0.3 is 0 Å². The van der Waals surface area contributed by atoms with E-state index >= 15 is 0 Å². The molecule has 1 aromatic carbocycles. The number of hydrogen-bond acceptors (Lipinski definition) is 4. The summed E-state index contributed by atoms with van der Waals surface area (Å²) >= 11 is 0. The Labute approximate surface area is 125 Å². The van der Waals surface area contributed by atoms with Crippen LogP contribution in [0.4, 0.5) is 0 Å². The highest BCUT2D eigenvalue weighted by atomic mass is 16.5. The van der Waals surface area contributed by atoms with Crippen LogP contribution in [-0.2, 0) is 16.0 Å². The molecular formula is C17H22O4. The minimum atomic E-state index is -0.362. The third-order valence-corrected chi connectivity index (χ3v) is 4.03. The van der Waals surface area contributed by atoms with Gasteiger partial charge in [0.15, 0.2) is 11.5 Å². The van der Waals surface area contributed by atoms with Crippen LogP contribution in [0.3, 0.4) is 0 Å². The second kappa shape index (κ2) is 7.25. The lowest BCUT2D eigenvalue weighted by molar-refractivity contribution is -0.135. The minimum Gasteiger partial charge on any atom is -0.493 e. The minimum absolute atomic E-state index is 0.124. The van der Waals surface area contributed by atoms with Crippen LogP contribution in [0, 0.1) is 5.92 Å². The summed E-state index contributed by atoms with van der Waals surface area (Å²) in [5, 5.41) is 0. The molecule has 0 aliphatic heterocycles. The van der Waals surface area contributed by atoms with E-state index in [0.29, 0.717) is 30.8 Å². The molecule has 0 radical (unpaired) electrons. The molecule has 4 heteroatoms. The Hall–Kier alpha value is -1.84. The van der Waals surface area contributed by atoms with Crippen molar-refractivity contribution in [1.29, 1.82) is 0 Å². The molecule has 0 spiro atoms. The molecule has 0 heterocycles. The highest BCUT2D eigenvalue weighted by molar-refractivity contribution is 6.04. The third kappa shape index (κ3) is 3.84. The summed E-state index contributed by atoms with van der Waals surface area (Å²) in [5.41, 5.74) is 1.13. The molecule has 0 atom stereocenters. The van der Waals surface area contributed by atoms with E-state index in [1.165, 1.54) is 0 Å². The fourth-order valence-corrected chi connectivity index (χ4v) is 2.83. The molecule has 1 aliphatic rings. The number of carbonyl (C=O) groups is 2. The second-order valence-corrected chi connectivity index (χ2v) is 5.42. The van der Waals surface area contributed by atoms with Crippen LogP contribution in [0.25, 0.3) is 0 Å². The first kappa shape index (κ1) is 15.5. The molecule has 1 saturated carbocycles. The zero-order valence-electron chi connectivity index (χ0n) is 12.7. The Kier molecular flexibility index (Phi) is 5.37. The van der Waals surface area contributed by atoms with E-state index in [0.717, 1.165) is 24.8 Å². The molecule has 4 nitrogen and oxygen atoms in total. The van der Waals surface area contributed by atoms with Gasteiger partial charge in [0, 0.05) is 12.8 Å². The first-order chi connectivity index (χ1) is 10.2. The Morgan fingerprint density at radius 2 is 1.71 bits per heavy atom. The van der Waals surface area contributed by atoms with Gasteiger partial charge in [0.2, 0.25) is 0 Å². The number of carbonyl (C=O) groups excluding carboxylic acids is 2. The van der Waals surface area contributed by atoms with Gasteiger partial charge in [0.1, 0.15) is 11.6 Å². The van der Waals surface area contributed by atoms with E-state index < -0.39 is 0 Å². The van der Waals surface area contributed by atoms with Gasteiger partial charge in [-0.3, -0.25) is 9.59 Å². The quantitative estimate of drug-likeness (QED) is 0.756. The monoisotopic (exact) mass is 290 g/mol. The van der Waals surface area contributed by atoms with E-state index in [2.05, 4.69) is 0 Å². The van der Waals surface area contributed by atoms with Gasteiger partial charge in [-0.2, -0.15) is 0 Å². The molecule has 0 amide bonds. The number of ketones is 2. The summed E-state index contributed by atoms with van der Waals surface area (Å²) in [7, 11) is 3.22. The van der Waals surface area contributed by atoms with Crippen LogP contribution in [-0.4, -0.2) is 25.8 Å². The smallest absolute Gasteiger partial charge is 0.160 e. The molecule has 0 N–H and O–H groups in total. The molecular weight excluding hydrogens is 268 g/mol. The van der Waals surface area contributed by atoms with Gasteiger partial charge in [-0.15, -0.1) is 0 Å². The van der Waals surface area contributed by atoms with Crippen molar-refractivity contribution in [3.63, 3.8) is 0 Å². The SMILES string of the molecule is COc1ccc(CCCC2C(=O)CCCC2=O)cc1OC. The fourth-order valence-electron chi connectivity index (χ4n) is 2.83. The molecule has 21 heavy (non-hydrogen) atoms. The second-order valence-electron chi connectivity index (χ2n) is 5.42. The summed E-state index contributed by atoms with van der Waals surface area (Å²) in [5.74, 6) is 1.30. The number of hydrogen-bond donors (Lipinski definition) is 0. The molecule has 0 bridgehead atoms. The number of Topliss-reactive ketones (excluding diaryl/α,β-unsaturated/α-hetero) is 2. The molecule has 1 aliphatic carbocycles. The molecule has 0 unspecified atom stereocenters. The van der Waals surface area contributed by atoms with E-state index in [1.807, 2.05) is 18.2 Å². The van der Waals surface area contributed by atoms with Gasteiger partial charge in [0.25, 0.3) is 0 Å². The van der Waals surface area contributed by atoms with Crippen LogP contribution >= 0.6 is 0 Å². The summed E-state index contributed by atoms with van der Waals surface area (Å²) < 4.78 is 10.5. The van der Waals surface area contributed by atoms with Crippen LogP contribution in [0.1, 0.15) is 37.7 Å². The van der Waals surface area contributed by atoms with Crippen molar-refractivity contribution in [2.45, 2.75) is 38.5 Å². The molecule has 0 saturated heterocycles. The van der Waals surface area contributed by atoms with Crippen LogP contribution in [0.5, 0.6) is 11.5 Å². The van der Waals surface area contributed by atoms with Crippen molar-refractivity contribution in [3.8, 4) is 11.5 Å². The van der Waals surface area contributed by atoms with E-state index in [4.69, 9.17) is 9.47 Å². The normalized spacial score (nSPS) is 16.1. The number of benzene rings is 1. The summed E-state index contributed by atoms with van der Waals surface area (Å²) in [6.45, 7) is 0. The number of methoxy groups -OCH3 is 2. The Morgan fingerprint density at radius 3 is 2.33 bits per heavy atom. The molecule has 2 rings (SSSR count). The predicted octanol–water partition coefficient (Wildman–Crippen LogP) is 2.96. The highest BCUT2D eigenvalue weighted by Crippen LogP contribution is 2.29. The van der Waals surface area contributed by atoms with Crippen molar-refractivity contribution in [2.24, 2.45) is 5.92 Å². The first-order valence-corrected chi connectivity index (χ1v) is 7.42. The highest BCUT2D eigenvalue weighted by Gasteiger charge is 2.29. The number of rotatable bonds is 6. The van der Waals surface area contributed by atoms with Gasteiger partial charge in [-0.05, 0) is 43.4 Å². The average Bonchev–Trinajstić information content (AvgIpc) is 2.50. The molecule has 1 aromatic rings. The average molecular weight is 290 g/mol. The summed E-state index contributed by atoms with van der Waals surface area (Å²) in [6.07, 6.45) is 4.17. The predicted molar refractivity (Wildman–Crippen MR) is 79.8 cm³/mol. The standard InChI is InChI=1S/C17H22O4/c1-20-16-10-9-12(11-17(16)21-2)5-3-6-13-14(18)7-4-8-15(13)19/h9-11,13H,3-8H2,1-2H3. The molecule has 0 aromatic heterocycles. The summed E-state index contributed by atoms with van der Waals surface area (Å²) in [6, 6.07) is 5.82. The van der Waals surface area contributed by atoms with Gasteiger partial charge in [-0.1, -0.05) is 6.07 Å². The Bertz CT molecular complexity index is 506. The maximum atomic E-state index is 11.8. The molecule has 1 fully saturated rings. The first-order valence-electron chi connectivity index (χ1n) is 7.42. The number of aryl methyl sites for hydroxylation is 1. The van der Waals surface area contributed by atoms with Crippen molar-refractivity contribution in [1.82, 2.24) is 0 Å². The van der Waals surface area contributed by atoms with Crippen LogP contribution in [0.2, 0.25) is 0 Å². The van der Waals surface area contributed by atoms with E-state index in [-0.39, 0.29) is 17.5 Å². The van der Waals surface area contributed by atoms with Crippen LogP contribution < -0.4 is 9.47 Å². The number of ether oxygens (including phenoxy) is 2. The maximum absolute atomic E-state index is 11.8. The fraction of sp³-hybridized carbons (Fsp3) is 0.529. The van der Waals surface area contributed by atoms with Gasteiger partial charge in [0.05, 0.1) is 20.1 Å². The zero-order valence-corrected chi connectivity index (χ0v) is 12.7. The third-order valence-electron chi connectivity index (χ3n) is 4.03. The van der Waals surface area contributed by atoms with E-state index in [1.54, 1.807) is 14.2 Å². The van der Waals surface area contributed by atoms with Crippen LogP contribution in [0.15, 0.2) is 18.2 Å². The Morgan fingerprint density at radius 1 is 1.05 bits per heavy atom. The lowest BCUT2D eigenvalue weighted by atomic mass is 9.83. The van der Waals surface area contributed by atoms with Crippen molar-refractivity contribution in [3.05, 3.63) is 23.8 Å². The van der Waals surface area contributed by atoms with Crippen molar-refractivity contribution < 1.29 is 19.1 Å². The lowest BCUT2D eigenvalue weighted by Gasteiger charge is -2.19. The molecule has 114 valence electrons. The lowest BCUT2D eigenvalue weighted by Crippen LogP contribution is -2.28. The van der Waals surface area contributed by atoms with E-state index in [9.17, 15) is 9.59 Å². The van der Waals surface area contributed by atoms with Crippen molar-refractivity contribution in [2.75, 3.05) is 14.2 Å². The largest absolute Gasteiger partial charge is 0.493 e. The van der Waals surface area contributed by atoms with Crippen molar-refractivity contribution >= 4 is 11.6 Å². The van der Waals surface area contributed by atoms with Gasteiger partial charge in [-0.25, -0.2) is 0 Å². The topological polar surface area (TPSA) is 52.6 Å². The summed E-state index contributed by atoms with van der Waals surface area (Å²) in [4.78, 5) is 23.5.